The van der Waals surface area contributed by atoms with Gasteiger partial charge >= 0.3 is 5.97 Å². The van der Waals surface area contributed by atoms with E-state index < -0.39 is 0 Å². The Balaban J connectivity index is 2.05. The summed E-state index contributed by atoms with van der Waals surface area (Å²) in [7, 11) is 0. The molecular formula is C16H17NO2. The van der Waals surface area contributed by atoms with Crippen LogP contribution in [0.1, 0.15) is 27.0 Å². The van der Waals surface area contributed by atoms with E-state index in [0.29, 0.717) is 11.3 Å². The molecule has 3 nitrogen and oxygen atoms in total. The third-order valence-corrected chi connectivity index (χ3v) is 3.13. The van der Waals surface area contributed by atoms with Crippen molar-refractivity contribution in [2.24, 2.45) is 0 Å². The quantitative estimate of drug-likeness (QED) is 0.676. The van der Waals surface area contributed by atoms with E-state index in [9.17, 15) is 4.79 Å². The van der Waals surface area contributed by atoms with Crippen LogP contribution >= 0.6 is 0 Å². The number of carbonyl (C=O) groups excluding carboxylic acids is 1. The number of carbonyl (C=O) groups is 1. The Hall–Kier alpha value is -2.29. The first-order chi connectivity index (χ1) is 9.08. The van der Waals surface area contributed by atoms with Crippen molar-refractivity contribution in [3.63, 3.8) is 0 Å². The van der Waals surface area contributed by atoms with Crippen LogP contribution in [0.25, 0.3) is 0 Å². The third-order valence-electron chi connectivity index (χ3n) is 3.13. The lowest BCUT2D eigenvalue weighted by Gasteiger charge is -2.08. The highest BCUT2D eigenvalue weighted by Gasteiger charge is 2.09. The number of nitrogens with two attached hydrogens (primary N) is 1. The standard InChI is InChI=1S/C16H17NO2/c1-11-5-3-4-6-14(11)10-19-16(18)13-7-8-15(17)12(2)9-13/h3-9H,10,17H2,1-2H3. The molecular weight excluding hydrogens is 238 g/mol. The molecule has 19 heavy (non-hydrogen) atoms. The van der Waals surface area contributed by atoms with Crippen molar-refractivity contribution in [1.29, 1.82) is 0 Å². The SMILES string of the molecule is Cc1cc(C(=O)OCc2ccccc2C)ccc1N. The summed E-state index contributed by atoms with van der Waals surface area (Å²) in [6.45, 7) is 4.15. The molecule has 0 aliphatic carbocycles. The number of aryl methyl sites for hydroxylation is 2. The summed E-state index contributed by atoms with van der Waals surface area (Å²) in [4.78, 5) is 11.9. The number of hydrogen-bond donors (Lipinski definition) is 1. The average molecular weight is 255 g/mol. The number of esters is 1. The fourth-order valence-corrected chi connectivity index (χ4v) is 1.80. The highest BCUT2D eigenvalue weighted by molar-refractivity contribution is 5.90. The van der Waals surface area contributed by atoms with Gasteiger partial charge in [0.15, 0.2) is 0 Å². The third kappa shape index (κ3) is 3.13. The lowest BCUT2D eigenvalue weighted by atomic mass is 10.1. The Morgan fingerprint density at radius 2 is 1.84 bits per heavy atom. The van der Waals surface area contributed by atoms with Gasteiger partial charge in [-0.2, -0.15) is 0 Å². The van der Waals surface area contributed by atoms with Crippen LogP contribution in [0.2, 0.25) is 0 Å². The van der Waals surface area contributed by atoms with E-state index in [2.05, 4.69) is 0 Å². The summed E-state index contributed by atoms with van der Waals surface area (Å²) in [6, 6.07) is 13.0. The minimum atomic E-state index is -0.327. The van der Waals surface area contributed by atoms with Crippen molar-refractivity contribution in [2.75, 3.05) is 5.73 Å². The van der Waals surface area contributed by atoms with Crippen LogP contribution in [0.15, 0.2) is 42.5 Å². The summed E-state index contributed by atoms with van der Waals surface area (Å²) in [5.41, 5.74) is 9.94. The molecule has 2 aromatic rings. The van der Waals surface area contributed by atoms with Crippen LogP contribution in [-0.2, 0) is 11.3 Å². The normalized spacial score (nSPS) is 10.2. The molecule has 2 N–H and O–H groups in total. The Morgan fingerprint density at radius 1 is 1.11 bits per heavy atom. The molecule has 0 saturated carbocycles. The molecule has 0 aromatic heterocycles. The molecule has 0 saturated heterocycles. The first kappa shape index (κ1) is 13.1. The minimum Gasteiger partial charge on any atom is -0.457 e. The van der Waals surface area contributed by atoms with Gasteiger partial charge in [0.25, 0.3) is 0 Å². The summed E-state index contributed by atoms with van der Waals surface area (Å²) in [5.74, 6) is -0.327. The van der Waals surface area contributed by atoms with Crippen LogP contribution in [0.5, 0.6) is 0 Å². The maximum atomic E-state index is 11.9. The van der Waals surface area contributed by atoms with Gasteiger partial charge in [0.05, 0.1) is 5.56 Å². The molecule has 0 atom stereocenters. The topological polar surface area (TPSA) is 52.3 Å². The van der Waals surface area contributed by atoms with E-state index in [1.54, 1.807) is 18.2 Å². The zero-order chi connectivity index (χ0) is 13.8. The minimum absolute atomic E-state index is 0.287. The molecule has 0 radical (unpaired) electrons. The summed E-state index contributed by atoms with van der Waals surface area (Å²) >= 11 is 0. The molecule has 0 aliphatic heterocycles. The Morgan fingerprint density at radius 3 is 2.53 bits per heavy atom. The largest absolute Gasteiger partial charge is 0.457 e. The first-order valence-corrected chi connectivity index (χ1v) is 6.15. The second kappa shape index (κ2) is 5.57. The fourth-order valence-electron chi connectivity index (χ4n) is 1.80. The van der Waals surface area contributed by atoms with E-state index in [1.807, 2.05) is 38.1 Å². The number of ether oxygens (including phenoxy) is 1. The van der Waals surface area contributed by atoms with Gasteiger partial charge in [-0.3, -0.25) is 0 Å². The zero-order valence-corrected chi connectivity index (χ0v) is 11.1. The Bertz CT molecular complexity index is 605. The van der Waals surface area contributed by atoms with E-state index in [1.165, 1.54) is 0 Å². The van der Waals surface area contributed by atoms with Crippen molar-refractivity contribution in [3.8, 4) is 0 Å². The summed E-state index contributed by atoms with van der Waals surface area (Å²) < 4.78 is 5.31. The maximum absolute atomic E-state index is 11.9. The molecule has 2 rings (SSSR count). The first-order valence-electron chi connectivity index (χ1n) is 6.15. The number of benzene rings is 2. The highest BCUT2D eigenvalue weighted by atomic mass is 16.5. The van der Waals surface area contributed by atoms with Crippen LogP contribution in [0.4, 0.5) is 5.69 Å². The van der Waals surface area contributed by atoms with Crippen LogP contribution in [0, 0.1) is 13.8 Å². The van der Waals surface area contributed by atoms with Gasteiger partial charge in [-0.25, -0.2) is 4.79 Å². The number of hydrogen-bond acceptors (Lipinski definition) is 3. The predicted octanol–water partition coefficient (Wildman–Crippen LogP) is 3.24. The smallest absolute Gasteiger partial charge is 0.338 e. The number of nitrogen functional groups attached to an aromatic ring is 1. The monoisotopic (exact) mass is 255 g/mol. The van der Waals surface area contributed by atoms with E-state index in [0.717, 1.165) is 16.7 Å². The van der Waals surface area contributed by atoms with Gasteiger partial charge in [0, 0.05) is 5.69 Å². The van der Waals surface area contributed by atoms with Crippen molar-refractivity contribution < 1.29 is 9.53 Å². The van der Waals surface area contributed by atoms with Crippen molar-refractivity contribution in [2.45, 2.75) is 20.5 Å². The summed E-state index contributed by atoms with van der Waals surface area (Å²) in [5, 5.41) is 0. The summed E-state index contributed by atoms with van der Waals surface area (Å²) in [6.07, 6.45) is 0. The van der Waals surface area contributed by atoms with E-state index >= 15 is 0 Å². The van der Waals surface area contributed by atoms with Crippen LogP contribution in [0.3, 0.4) is 0 Å². The molecule has 0 amide bonds. The van der Waals surface area contributed by atoms with Gasteiger partial charge in [-0.1, -0.05) is 24.3 Å². The maximum Gasteiger partial charge on any atom is 0.338 e. The predicted molar refractivity (Wildman–Crippen MR) is 75.9 cm³/mol. The van der Waals surface area contributed by atoms with Crippen LogP contribution < -0.4 is 5.73 Å². The van der Waals surface area contributed by atoms with Crippen molar-refractivity contribution in [3.05, 3.63) is 64.7 Å². The lowest BCUT2D eigenvalue weighted by Crippen LogP contribution is -2.06. The van der Waals surface area contributed by atoms with Crippen molar-refractivity contribution >= 4 is 11.7 Å². The van der Waals surface area contributed by atoms with Gasteiger partial charge in [0.1, 0.15) is 6.61 Å². The van der Waals surface area contributed by atoms with Crippen LogP contribution in [-0.4, -0.2) is 5.97 Å². The number of anilines is 1. The fraction of sp³-hybridized carbons (Fsp3) is 0.188. The molecule has 0 bridgehead atoms. The molecule has 0 fully saturated rings. The average Bonchev–Trinajstić information content (AvgIpc) is 2.40. The molecule has 3 heteroatoms. The second-order valence-electron chi connectivity index (χ2n) is 4.57. The molecule has 0 unspecified atom stereocenters. The number of rotatable bonds is 3. The molecule has 98 valence electrons. The Labute approximate surface area is 113 Å². The molecule has 0 heterocycles. The second-order valence-corrected chi connectivity index (χ2v) is 4.57. The van der Waals surface area contributed by atoms with Gasteiger partial charge < -0.3 is 10.5 Å². The molecule has 0 aliphatic rings. The highest BCUT2D eigenvalue weighted by Crippen LogP contribution is 2.15. The van der Waals surface area contributed by atoms with E-state index in [4.69, 9.17) is 10.5 Å². The lowest BCUT2D eigenvalue weighted by molar-refractivity contribution is 0.0472. The van der Waals surface area contributed by atoms with Gasteiger partial charge in [0.2, 0.25) is 0 Å². The Kier molecular flexibility index (Phi) is 3.85. The van der Waals surface area contributed by atoms with E-state index in [-0.39, 0.29) is 12.6 Å². The molecule has 2 aromatic carbocycles. The van der Waals surface area contributed by atoms with Gasteiger partial charge in [-0.15, -0.1) is 0 Å². The zero-order valence-electron chi connectivity index (χ0n) is 11.1. The van der Waals surface area contributed by atoms with Gasteiger partial charge in [-0.05, 0) is 48.7 Å². The molecule has 0 spiro atoms. The van der Waals surface area contributed by atoms with Crippen molar-refractivity contribution in [1.82, 2.24) is 0 Å².